The van der Waals surface area contributed by atoms with Gasteiger partial charge in [0.15, 0.2) is 5.69 Å². The number of benzene rings is 3. The molecule has 3 aromatic heterocycles. The van der Waals surface area contributed by atoms with Gasteiger partial charge in [-0.1, -0.05) is 35.3 Å². The fourth-order valence-corrected chi connectivity index (χ4v) is 8.39. The average Bonchev–Trinajstić information content (AvgIpc) is 3.69. The van der Waals surface area contributed by atoms with Crippen molar-refractivity contribution in [2.75, 3.05) is 25.2 Å². The zero-order valence-electron chi connectivity index (χ0n) is 30.5. The molecule has 0 aliphatic carbocycles. The SMILES string of the molecule is COc1cccc2c1c(N1C[C@@H](C)n3c(c(CCCOc4cc(C)c(Cl)c(C)c4)c4ccc(Cl)c(-c5c(C)nn(C)c5C)c43)C1=O)c(C(=O)O)n2C. The number of fused-ring (bicyclic) bond motifs is 4. The number of carboxylic acid groups (broad SMARTS) is 1. The van der Waals surface area contributed by atoms with Crippen LogP contribution in [-0.4, -0.2) is 56.2 Å². The summed E-state index contributed by atoms with van der Waals surface area (Å²) in [7, 11) is 5.15. The van der Waals surface area contributed by atoms with Crippen LogP contribution in [0.2, 0.25) is 10.0 Å². The maximum atomic E-state index is 15.2. The Morgan fingerprint density at radius 1 is 1.04 bits per heavy atom. The third-order valence-corrected chi connectivity index (χ3v) is 11.3. The minimum absolute atomic E-state index is 0.0125. The molecule has 1 amide bonds. The summed E-state index contributed by atoms with van der Waals surface area (Å²) in [6.07, 6.45) is 1.13. The highest BCUT2D eigenvalue weighted by Crippen LogP contribution is 2.47. The lowest BCUT2D eigenvalue weighted by Gasteiger charge is -2.34. The molecule has 1 aliphatic rings. The van der Waals surface area contributed by atoms with E-state index in [1.54, 1.807) is 29.7 Å². The predicted octanol–water partition coefficient (Wildman–Crippen LogP) is 9.01. The summed E-state index contributed by atoms with van der Waals surface area (Å²) in [6.45, 7) is 10.6. The van der Waals surface area contributed by atoms with E-state index < -0.39 is 5.97 Å². The largest absolute Gasteiger partial charge is 0.496 e. The highest BCUT2D eigenvalue weighted by Gasteiger charge is 2.40. The normalized spacial score (nSPS) is 14.5. The third kappa shape index (κ3) is 5.42. The van der Waals surface area contributed by atoms with Crippen molar-refractivity contribution >= 4 is 62.6 Å². The van der Waals surface area contributed by atoms with Crippen LogP contribution in [0.4, 0.5) is 5.69 Å². The van der Waals surface area contributed by atoms with E-state index in [9.17, 15) is 9.90 Å². The van der Waals surface area contributed by atoms with Gasteiger partial charge < -0.3 is 28.6 Å². The summed E-state index contributed by atoms with van der Waals surface area (Å²) in [5, 5.41) is 18.0. The maximum Gasteiger partial charge on any atom is 0.354 e. The number of halogens is 2. The molecule has 4 heterocycles. The van der Waals surface area contributed by atoms with Gasteiger partial charge in [0.2, 0.25) is 0 Å². The van der Waals surface area contributed by atoms with Crippen molar-refractivity contribution in [1.82, 2.24) is 18.9 Å². The molecule has 0 saturated heterocycles. The third-order valence-electron chi connectivity index (χ3n) is 10.4. The first-order chi connectivity index (χ1) is 24.8. The average molecular weight is 743 g/mol. The quantitative estimate of drug-likeness (QED) is 0.148. The van der Waals surface area contributed by atoms with Crippen LogP contribution in [-0.2, 0) is 20.5 Å². The molecule has 3 aromatic carbocycles. The number of hydrogen-bond donors (Lipinski definition) is 1. The van der Waals surface area contributed by atoms with E-state index in [2.05, 4.69) is 11.5 Å². The second kappa shape index (κ2) is 13.2. The first-order valence-electron chi connectivity index (χ1n) is 17.2. The number of aromatic nitrogens is 4. The van der Waals surface area contributed by atoms with Crippen LogP contribution in [0.1, 0.15) is 68.4 Å². The van der Waals surface area contributed by atoms with Gasteiger partial charge in [-0.05, 0) is 94.5 Å². The zero-order valence-corrected chi connectivity index (χ0v) is 32.0. The van der Waals surface area contributed by atoms with Crippen molar-refractivity contribution in [3.05, 3.63) is 92.0 Å². The summed E-state index contributed by atoms with van der Waals surface area (Å²) in [5.74, 6) is -0.203. The monoisotopic (exact) mass is 741 g/mol. The van der Waals surface area contributed by atoms with Gasteiger partial charge in [-0.15, -0.1) is 0 Å². The van der Waals surface area contributed by atoms with Gasteiger partial charge in [-0.3, -0.25) is 9.48 Å². The second-order valence-corrected chi connectivity index (χ2v) is 14.5. The molecular weight excluding hydrogens is 701 g/mol. The number of aromatic carboxylic acids is 1. The summed E-state index contributed by atoms with van der Waals surface area (Å²) in [4.78, 5) is 29.7. The number of amides is 1. The Hall–Kier alpha value is -4.93. The van der Waals surface area contributed by atoms with E-state index >= 15 is 4.79 Å². The van der Waals surface area contributed by atoms with Crippen LogP contribution >= 0.6 is 23.2 Å². The predicted molar refractivity (Wildman–Crippen MR) is 206 cm³/mol. The first kappa shape index (κ1) is 35.5. The molecule has 1 N–H and O–H groups in total. The number of hydrogen-bond acceptors (Lipinski definition) is 5. The van der Waals surface area contributed by atoms with Crippen molar-refractivity contribution in [3.63, 3.8) is 0 Å². The van der Waals surface area contributed by atoms with Crippen molar-refractivity contribution < 1.29 is 24.2 Å². The van der Waals surface area contributed by atoms with E-state index in [1.807, 2.05) is 75.8 Å². The van der Waals surface area contributed by atoms with Crippen LogP contribution in [0.3, 0.4) is 0 Å². The number of anilines is 1. The lowest BCUT2D eigenvalue weighted by molar-refractivity contribution is 0.0687. The van der Waals surface area contributed by atoms with Gasteiger partial charge in [0, 0.05) is 53.9 Å². The van der Waals surface area contributed by atoms with Crippen molar-refractivity contribution in [2.45, 2.75) is 53.5 Å². The van der Waals surface area contributed by atoms with Crippen LogP contribution in [0.15, 0.2) is 42.5 Å². The molecule has 0 saturated carbocycles. The molecule has 0 bridgehead atoms. The molecule has 270 valence electrons. The summed E-state index contributed by atoms with van der Waals surface area (Å²) >= 11 is 13.5. The number of carbonyl (C=O) groups is 2. The highest BCUT2D eigenvalue weighted by molar-refractivity contribution is 6.35. The molecule has 0 radical (unpaired) electrons. The maximum absolute atomic E-state index is 15.2. The Labute approximate surface area is 312 Å². The smallest absolute Gasteiger partial charge is 0.354 e. The molecule has 1 atom stereocenters. The van der Waals surface area contributed by atoms with E-state index in [0.717, 1.165) is 60.9 Å². The highest BCUT2D eigenvalue weighted by atomic mass is 35.5. The van der Waals surface area contributed by atoms with Crippen LogP contribution in [0, 0.1) is 27.7 Å². The molecule has 0 spiro atoms. The topological polar surface area (TPSA) is 104 Å². The van der Waals surface area contributed by atoms with Gasteiger partial charge >= 0.3 is 5.97 Å². The van der Waals surface area contributed by atoms with Gasteiger partial charge in [0.25, 0.3) is 5.91 Å². The van der Waals surface area contributed by atoms with Crippen molar-refractivity contribution in [1.29, 1.82) is 0 Å². The number of nitrogens with zero attached hydrogens (tertiary/aromatic N) is 5. The van der Waals surface area contributed by atoms with Crippen LogP contribution in [0.25, 0.3) is 32.9 Å². The van der Waals surface area contributed by atoms with Gasteiger partial charge in [0.05, 0.1) is 46.5 Å². The molecule has 6 aromatic rings. The number of methoxy groups -OCH3 is 1. The van der Waals surface area contributed by atoms with E-state index in [4.69, 9.17) is 37.8 Å². The molecule has 0 fully saturated rings. The van der Waals surface area contributed by atoms with Gasteiger partial charge in [-0.25, -0.2) is 4.79 Å². The molecular formula is C40H41Cl2N5O5. The van der Waals surface area contributed by atoms with E-state index in [0.29, 0.717) is 52.5 Å². The fraction of sp³-hybridized carbons (Fsp3) is 0.325. The summed E-state index contributed by atoms with van der Waals surface area (Å²) in [5.41, 5.74) is 8.61. The molecule has 0 unspecified atom stereocenters. The Morgan fingerprint density at radius 3 is 2.38 bits per heavy atom. The Morgan fingerprint density at radius 2 is 1.75 bits per heavy atom. The molecule has 7 rings (SSSR count). The Balaban J connectivity index is 1.42. The lowest BCUT2D eigenvalue weighted by atomic mass is 9.98. The van der Waals surface area contributed by atoms with Crippen LogP contribution in [0.5, 0.6) is 11.5 Å². The molecule has 52 heavy (non-hydrogen) atoms. The second-order valence-electron chi connectivity index (χ2n) is 13.7. The zero-order chi connectivity index (χ0) is 37.3. The number of ether oxygens (including phenoxy) is 2. The molecule has 1 aliphatic heterocycles. The number of carboxylic acids is 1. The van der Waals surface area contributed by atoms with E-state index in [1.165, 1.54) is 0 Å². The minimum atomic E-state index is -1.14. The Bertz CT molecular complexity index is 2430. The lowest BCUT2D eigenvalue weighted by Crippen LogP contribution is -2.43. The Kier molecular flexibility index (Phi) is 9.03. The number of carbonyl (C=O) groups excluding carboxylic acids is 1. The first-order valence-corrected chi connectivity index (χ1v) is 18.0. The fourth-order valence-electron chi connectivity index (χ4n) is 8.03. The number of aryl methyl sites for hydroxylation is 6. The minimum Gasteiger partial charge on any atom is -0.496 e. The van der Waals surface area contributed by atoms with Crippen molar-refractivity contribution in [2.24, 2.45) is 14.1 Å². The number of rotatable bonds is 9. The van der Waals surface area contributed by atoms with Gasteiger partial charge in [-0.2, -0.15) is 5.10 Å². The molecule has 12 heteroatoms. The van der Waals surface area contributed by atoms with Crippen LogP contribution < -0.4 is 14.4 Å². The van der Waals surface area contributed by atoms with Gasteiger partial charge in [0.1, 0.15) is 17.2 Å². The molecule has 10 nitrogen and oxygen atoms in total. The van der Waals surface area contributed by atoms with E-state index in [-0.39, 0.29) is 24.2 Å². The summed E-state index contributed by atoms with van der Waals surface area (Å²) < 4.78 is 17.5. The summed E-state index contributed by atoms with van der Waals surface area (Å²) in [6, 6.07) is 12.9. The van der Waals surface area contributed by atoms with Crippen molar-refractivity contribution in [3.8, 4) is 22.6 Å². The standard InChI is InChI=1S/C40H41Cl2N5O5/c1-20-17-25(18-21(2)34(20)42)52-16-10-11-26-27-14-15-28(41)32(31-23(4)43-45(7)24(31)5)35(27)47-22(3)19-46(39(48)36(26)47)37-33-29(12-9-13-30(33)51-8)44(6)38(37)40(49)50/h9,12-15,17-18,22H,10-11,16,19H2,1-8H3,(H,49,50)/t22-/m1/s1.